The Kier molecular flexibility index (Phi) is 3.36. The summed E-state index contributed by atoms with van der Waals surface area (Å²) in [4.78, 5) is 0. The predicted octanol–water partition coefficient (Wildman–Crippen LogP) is 3.60. The molecule has 0 aliphatic rings. The second kappa shape index (κ2) is 4.32. The van der Waals surface area contributed by atoms with E-state index in [0.29, 0.717) is 0 Å². The van der Waals surface area contributed by atoms with E-state index < -0.39 is 0 Å². The van der Waals surface area contributed by atoms with Crippen molar-refractivity contribution < 1.29 is 0 Å². The lowest BCUT2D eigenvalue weighted by atomic mass is 10.1. The van der Waals surface area contributed by atoms with Crippen LogP contribution in [0.25, 0.3) is 0 Å². The molecule has 0 heterocycles. The number of benzene rings is 1. The van der Waals surface area contributed by atoms with Crippen molar-refractivity contribution >= 4 is 11.6 Å². The Labute approximate surface area is 78.9 Å². The second-order valence-electron chi connectivity index (χ2n) is 3.06. The standard InChI is InChI=1S/C11H13Cl/c1-9-6-10(2)8-11(7-9)4-3-5-12/h3,5-8H,4H2,1-2H3. The van der Waals surface area contributed by atoms with E-state index in [4.69, 9.17) is 11.6 Å². The lowest BCUT2D eigenvalue weighted by Crippen LogP contribution is -1.84. The average molecular weight is 181 g/mol. The molecule has 0 saturated carbocycles. The summed E-state index contributed by atoms with van der Waals surface area (Å²) in [6, 6.07) is 6.54. The Hall–Kier alpha value is -0.750. The maximum absolute atomic E-state index is 5.45. The van der Waals surface area contributed by atoms with Crippen molar-refractivity contribution in [2.24, 2.45) is 0 Å². The van der Waals surface area contributed by atoms with Crippen LogP contribution in [0.15, 0.2) is 29.8 Å². The Morgan fingerprint density at radius 2 is 1.75 bits per heavy atom. The van der Waals surface area contributed by atoms with E-state index >= 15 is 0 Å². The van der Waals surface area contributed by atoms with Gasteiger partial charge < -0.3 is 0 Å². The van der Waals surface area contributed by atoms with E-state index in [-0.39, 0.29) is 0 Å². The number of aryl methyl sites for hydroxylation is 2. The van der Waals surface area contributed by atoms with Gasteiger partial charge in [-0.2, -0.15) is 0 Å². The van der Waals surface area contributed by atoms with Crippen LogP contribution in [0.2, 0.25) is 0 Å². The molecule has 0 N–H and O–H groups in total. The molecule has 64 valence electrons. The van der Waals surface area contributed by atoms with Crippen LogP contribution in [0.5, 0.6) is 0 Å². The van der Waals surface area contributed by atoms with Gasteiger partial charge >= 0.3 is 0 Å². The van der Waals surface area contributed by atoms with E-state index in [1.807, 2.05) is 6.08 Å². The zero-order chi connectivity index (χ0) is 8.97. The van der Waals surface area contributed by atoms with Gasteiger partial charge in [-0.25, -0.2) is 0 Å². The molecule has 1 heteroatoms. The Balaban J connectivity index is 2.85. The van der Waals surface area contributed by atoms with Crippen molar-refractivity contribution in [3.63, 3.8) is 0 Å². The Morgan fingerprint density at radius 3 is 2.25 bits per heavy atom. The topological polar surface area (TPSA) is 0 Å². The van der Waals surface area contributed by atoms with Gasteiger partial charge in [-0.15, -0.1) is 0 Å². The molecule has 0 amide bonds. The first-order chi connectivity index (χ1) is 5.72. The molecule has 0 bridgehead atoms. The highest BCUT2D eigenvalue weighted by atomic mass is 35.5. The van der Waals surface area contributed by atoms with Crippen molar-refractivity contribution in [1.29, 1.82) is 0 Å². The predicted molar refractivity (Wildman–Crippen MR) is 54.6 cm³/mol. The number of halogens is 1. The van der Waals surface area contributed by atoms with Gasteiger partial charge in [0.25, 0.3) is 0 Å². The SMILES string of the molecule is Cc1cc(C)cc(CC=CCl)c1. The molecule has 1 aromatic rings. The summed E-state index contributed by atoms with van der Waals surface area (Å²) in [7, 11) is 0. The van der Waals surface area contributed by atoms with Crippen molar-refractivity contribution in [2.75, 3.05) is 0 Å². The molecule has 0 aliphatic heterocycles. The number of rotatable bonds is 2. The largest absolute Gasteiger partial charge is 0.0933 e. The first-order valence-corrected chi connectivity index (χ1v) is 4.48. The molecular formula is C11H13Cl. The minimum Gasteiger partial charge on any atom is -0.0933 e. The highest BCUT2D eigenvalue weighted by Gasteiger charge is 1.92. The highest BCUT2D eigenvalue weighted by Crippen LogP contribution is 2.09. The molecule has 1 rings (SSSR count). The minimum atomic E-state index is 0.923. The lowest BCUT2D eigenvalue weighted by molar-refractivity contribution is 1.23. The third-order valence-electron chi connectivity index (χ3n) is 1.72. The van der Waals surface area contributed by atoms with Crippen molar-refractivity contribution in [1.82, 2.24) is 0 Å². The third kappa shape index (κ3) is 2.71. The summed E-state index contributed by atoms with van der Waals surface area (Å²) in [5, 5.41) is 0. The monoisotopic (exact) mass is 180 g/mol. The molecule has 0 aromatic heterocycles. The fourth-order valence-corrected chi connectivity index (χ4v) is 1.46. The maximum Gasteiger partial charge on any atom is 0.000580 e. The Morgan fingerprint density at radius 1 is 1.17 bits per heavy atom. The summed E-state index contributed by atoms with van der Waals surface area (Å²) in [6.07, 6.45) is 2.88. The zero-order valence-electron chi connectivity index (χ0n) is 7.47. The first kappa shape index (κ1) is 9.34. The minimum absolute atomic E-state index is 0.923. The van der Waals surface area contributed by atoms with Gasteiger partial charge in [0.05, 0.1) is 0 Å². The molecular weight excluding hydrogens is 168 g/mol. The molecule has 0 unspecified atom stereocenters. The van der Waals surface area contributed by atoms with Gasteiger partial charge in [0.1, 0.15) is 0 Å². The molecule has 0 aliphatic carbocycles. The first-order valence-electron chi connectivity index (χ1n) is 4.05. The van der Waals surface area contributed by atoms with Gasteiger partial charge in [0.2, 0.25) is 0 Å². The second-order valence-corrected chi connectivity index (χ2v) is 3.31. The van der Waals surface area contributed by atoms with Crippen molar-refractivity contribution in [3.8, 4) is 0 Å². The van der Waals surface area contributed by atoms with Crippen LogP contribution in [0.3, 0.4) is 0 Å². The molecule has 0 saturated heterocycles. The summed E-state index contributed by atoms with van der Waals surface area (Å²) in [5.41, 5.74) is 5.52. The van der Waals surface area contributed by atoms with Crippen LogP contribution >= 0.6 is 11.6 Å². The fourth-order valence-electron chi connectivity index (χ4n) is 1.37. The molecule has 0 spiro atoms. The van der Waals surface area contributed by atoms with Gasteiger partial charge in [0.15, 0.2) is 0 Å². The number of hydrogen-bond acceptors (Lipinski definition) is 0. The van der Waals surface area contributed by atoms with E-state index in [1.54, 1.807) is 5.54 Å². The van der Waals surface area contributed by atoms with Crippen LogP contribution in [0.1, 0.15) is 16.7 Å². The Bertz CT molecular complexity index is 267. The smallest absolute Gasteiger partial charge is 0.000580 e. The van der Waals surface area contributed by atoms with Crippen molar-refractivity contribution in [2.45, 2.75) is 20.3 Å². The number of hydrogen-bond donors (Lipinski definition) is 0. The van der Waals surface area contributed by atoms with E-state index in [2.05, 4.69) is 32.0 Å². The molecule has 0 nitrogen and oxygen atoms in total. The summed E-state index contributed by atoms with van der Waals surface area (Å²) >= 11 is 5.45. The molecule has 0 atom stereocenters. The number of allylic oxidation sites excluding steroid dienone is 1. The maximum atomic E-state index is 5.45. The van der Waals surface area contributed by atoms with E-state index in [9.17, 15) is 0 Å². The van der Waals surface area contributed by atoms with E-state index in [1.165, 1.54) is 16.7 Å². The average Bonchev–Trinajstić information content (AvgIpc) is 1.99. The van der Waals surface area contributed by atoms with Crippen LogP contribution in [0, 0.1) is 13.8 Å². The molecule has 0 radical (unpaired) electrons. The summed E-state index contributed by atoms with van der Waals surface area (Å²) in [6.45, 7) is 4.22. The fraction of sp³-hybridized carbons (Fsp3) is 0.273. The summed E-state index contributed by atoms with van der Waals surface area (Å²) in [5.74, 6) is 0. The molecule has 0 fully saturated rings. The van der Waals surface area contributed by atoms with Crippen LogP contribution in [0.4, 0.5) is 0 Å². The molecule has 1 aromatic carbocycles. The summed E-state index contributed by atoms with van der Waals surface area (Å²) < 4.78 is 0. The zero-order valence-corrected chi connectivity index (χ0v) is 8.23. The van der Waals surface area contributed by atoms with E-state index in [0.717, 1.165) is 6.42 Å². The van der Waals surface area contributed by atoms with Gasteiger partial charge in [0, 0.05) is 5.54 Å². The normalized spacial score (nSPS) is 10.9. The van der Waals surface area contributed by atoms with Gasteiger partial charge in [-0.1, -0.05) is 47.0 Å². The van der Waals surface area contributed by atoms with Crippen LogP contribution < -0.4 is 0 Å². The quantitative estimate of drug-likeness (QED) is 0.653. The third-order valence-corrected chi connectivity index (χ3v) is 1.90. The van der Waals surface area contributed by atoms with Crippen molar-refractivity contribution in [3.05, 3.63) is 46.5 Å². The highest BCUT2D eigenvalue weighted by molar-refractivity contribution is 6.25. The molecule has 12 heavy (non-hydrogen) atoms. The van der Waals surface area contributed by atoms with Crippen LogP contribution in [-0.4, -0.2) is 0 Å². The lowest BCUT2D eigenvalue weighted by Gasteiger charge is -2.01. The van der Waals surface area contributed by atoms with Gasteiger partial charge in [-0.3, -0.25) is 0 Å². The van der Waals surface area contributed by atoms with Gasteiger partial charge in [-0.05, 0) is 25.8 Å². The van der Waals surface area contributed by atoms with Crippen LogP contribution in [-0.2, 0) is 6.42 Å².